The molecular formula is C21H28N6. The normalized spacial score (nSPS) is 15.6. The maximum atomic E-state index is 4.81. The second-order valence-corrected chi connectivity index (χ2v) is 7.74. The Morgan fingerprint density at radius 1 is 1.00 bits per heavy atom. The van der Waals surface area contributed by atoms with Gasteiger partial charge in [0.1, 0.15) is 5.82 Å². The maximum Gasteiger partial charge on any atom is 0.157 e. The van der Waals surface area contributed by atoms with Crippen molar-refractivity contribution < 1.29 is 0 Å². The molecule has 4 rings (SSSR count). The lowest BCUT2D eigenvalue weighted by Gasteiger charge is -2.26. The van der Waals surface area contributed by atoms with E-state index in [-0.39, 0.29) is 0 Å². The van der Waals surface area contributed by atoms with Crippen molar-refractivity contribution in [2.45, 2.75) is 40.0 Å². The van der Waals surface area contributed by atoms with E-state index in [0.29, 0.717) is 5.92 Å². The van der Waals surface area contributed by atoms with Crippen LogP contribution >= 0.6 is 0 Å². The summed E-state index contributed by atoms with van der Waals surface area (Å²) in [6.07, 6.45) is 4.95. The number of aryl methyl sites for hydroxylation is 2. The van der Waals surface area contributed by atoms with E-state index < -0.39 is 0 Å². The van der Waals surface area contributed by atoms with Gasteiger partial charge in [0.2, 0.25) is 0 Å². The van der Waals surface area contributed by atoms with Crippen LogP contribution in [0, 0.1) is 13.8 Å². The SMILES string of the molecule is Cc1cc2nc(C(C)C)cc(N3CCCN(c4ccncc4C)CC3)n2n1. The fourth-order valence-corrected chi connectivity index (χ4v) is 3.82. The Hall–Kier alpha value is -2.63. The monoisotopic (exact) mass is 364 g/mol. The molecule has 1 fully saturated rings. The molecule has 27 heavy (non-hydrogen) atoms. The highest BCUT2D eigenvalue weighted by Crippen LogP contribution is 2.25. The summed E-state index contributed by atoms with van der Waals surface area (Å²) < 4.78 is 2.01. The van der Waals surface area contributed by atoms with E-state index in [9.17, 15) is 0 Å². The minimum Gasteiger partial charge on any atom is -0.369 e. The Balaban J connectivity index is 1.65. The van der Waals surface area contributed by atoms with E-state index in [2.05, 4.69) is 53.8 Å². The van der Waals surface area contributed by atoms with E-state index in [0.717, 1.165) is 55.5 Å². The Morgan fingerprint density at radius 2 is 1.78 bits per heavy atom. The smallest absolute Gasteiger partial charge is 0.157 e. The molecule has 0 aliphatic carbocycles. The van der Waals surface area contributed by atoms with Gasteiger partial charge < -0.3 is 9.80 Å². The van der Waals surface area contributed by atoms with Crippen molar-refractivity contribution in [2.24, 2.45) is 0 Å². The van der Waals surface area contributed by atoms with Crippen LogP contribution in [-0.4, -0.2) is 45.8 Å². The summed E-state index contributed by atoms with van der Waals surface area (Å²) in [5.41, 5.74) is 5.61. The first-order chi connectivity index (χ1) is 13.0. The first-order valence-electron chi connectivity index (χ1n) is 9.81. The molecule has 0 N–H and O–H groups in total. The van der Waals surface area contributed by atoms with Gasteiger partial charge in [0.05, 0.1) is 5.69 Å². The van der Waals surface area contributed by atoms with Gasteiger partial charge >= 0.3 is 0 Å². The van der Waals surface area contributed by atoms with Crippen LogP contribution in [0.1, 0.15) is 43.1 Å². The molecular weight excluding hydrogens is 336 g/mol. The van der Waals surface area contributed by atoms with Gasteiger partial charge in [-0.3, -0.25) is 4.98 Å². The molecule has 0 saturated carbocycles. The molecule has 3 aromatic heterocycles. The highest BCUT2D eigenvalue weighted by Gasteiger charge is 2.20. The van der Waals surface area contributed by atoms with Gasteiger partial charge in [-0.1, -0.05) is 13.8 Å². The summed E-state index contributed by atoms with van der Waals surface area (Å²) in [6, 6.07) is 6.42. The lowest BCUT2D eigenvalue weighted by Crippen LogP contribution is -2.32. The topological polar surface area (TPSA) is 49.6 Å². The van der Waals surface area contributed by atoms with Crippen LogP contribution < -0.4 is 9.80 Å². The number of nitrogens with zero attached hydrogens (tertiary/aromatic N) is 6. The molecule has 1 aliphatic rings. The summed E-state index contributed by atoms with van der Waals surface area (Å²) in [6.45, 7) is 12.6. The first kappa shape index (κ1) is 17.8. The molecule has 0 aromatic carbocycles. The molecule has 0 unspecified atom stereocenters. The fourth-order valence-electron chi connectivity index (χ4n) is 3.82. The Kier molecular flexibility index (Phi) is 4.72. The highest BCUT2D eigenvalue weighted by atomic mass is 15.4. The second-order valence-electron chi connectivity index (χ2n) is 7.74. The number of hydrogen-bond donors (Lipinski definition) is 0. The van der Waals surface area contributed by atoms with Crippen LogP contribution in [0.25, 0.3) is 5.65 Å². The number of fused-ring (bicyclic) bond motifs is 1. The molecule has 6 heteroatoms. The van der Waals surface area contributed by atoms with Gasteiger partial charge in [0.15, 0.2) is 5.65 Å². The predicted octanol–water partition coefficient (Wildman–Crippen LogP) is 3.58. The molecule has 0 atom stereocenters. The largest absolute Gasteiger partial charge is 0.369 e. The van der Waals surface area contributed by atoms with Gasteiger partial charge in [-0.05, 0) is 37.8 Å². The maximum absolute atomic E-state index is 4.81. The third-order valence-electron chi connectivity index (χ3n) is 5.29. The Labute approximate surface area is 160 Å². The number of anilines is 2. The first-order valence-corrected chi connectivity index (χ1v) is 9.81. The summed E-state index contributed by atoms with van der Waals surface area (Å²) in [7, 11) is 0. The zero-order valence-electron chi connectivity index (χ0n) is 16.7. The summed E-state index contributed by atoms with van der Waals surface area (Å²) in [4.78, 5) is 14.0. The van der Waals surface area contributed by atoms with Gasteiger partial charge in [0.25, 0.3) is 0 Å². The number of hydrogen-bond acceptors (Lipinski definition) is 5. The van der Waals surface area contributed by atoms with Gasteiger partial charge in [-0.15, -0.1) is 0 Å². The molecule has 0 amide bonds. The lowest BCUT2D eigenvalue weighted by molar-refractivity contribution is 0.750. The van der Waals surface area contributed by atoms with Crippen LogP contribution in [0.2, 0.25) is 0 Å². The van der Waals surface area contributed by atoms with E-state index in [1.807, 2.05) is 23.8 Å². The number of pyridine rings is 1. The molecule has 4 heterocycles. The minimum absolute atomic E-state index is 0.395. The lowest BCUT2D eigenvalue weighted by atomic mass is 10.1. The predicted molar refractivity (Wildman–Crippen MR) is 110 cm³/mol. The van der Waals surface area contributed by atoms with E-state index in [1.54, 1.807) is 0 Å². The van der Waals surface area contributed by atoms with Crippen molar-refractivity contribution in [3.63, 3.8) is 0 Å². The van der Waals surface area contributed by atoms with E-state index in [1.165, 1.54) is 11.3 Å². The minimum atomic E-state index is 0.395. The Bertz CT molecular complexity index is 945. The van der Waals surface area contributed by atoms with Crippen molar-refractivity contribution in [3.8, 4) is 0 Å². The van der Waals surface area contributed by atoms with Crippen LogP contribution in [0.4, 0.5) is 11.5 Å². The zero-order valence-corrected chi connectivity index (χ0v) is 16.7. The number of rotatable bonds is 3. The van der Waals surface area contributed by atoms with Gasteiger partial charge in [0, 0.05) is 62.1 Å². The molecule has 0 radical (unpaired) electrons. The van der Waals surface area contributed by atoms with Crippen LogP contribution in [0.5, 0.6) is 0 Å². The molecule has 1 saturated heterocycles. The molecule has 142 valence electrons. The van der Waals surface area contributed by atoms with Crippen LogP contribution in [0.15, 0.2) is 30.6 Å². The molecule has 0 spiro atoms. The summed E-state index contributed by atoms with van der Waals surface area (Å²) in [5, 5.41) is 4.70. The standard InChI is InChI=1S/C21H28N6/c1-15(2)18-13-21(27-20(23-18)12-17(4)24-27)26-9-5-8-25(10-11-26)19-6-7-22-14-16(19)3/h6-7,12-15H,5,8-11H2,1-4H3. The van der Waals surface area contributed by atoms with E-state index in [4.69, 9.17) is 10.1 Å². The summed E-state index contributed by atoms with van der Waals surface area (Å²) >= 11 is 0. The zero-order chi connectivity index (χ0) is 19.0. The van der Waals surface area contributed by atoms with E-state index >= 15 is 0 Å². The molecule has 0 bridgehead atoms. The van der Waals surface area contributed by atoms with Gasteiger partial charge in [-0.2, -0.15) is 9.61 Å². The van der Waals surface area contributed by atoms with Crippen LogP contribution in [0.3, 0.4) is 0 Å². The van der Waals surface area contributed by atoms with Crippen molar-refractivity contribution in [1.29, 1.82) is 0 Å². The average Bonchev–Trinajstić information content (AvgIpc) is 2.86. The quantitative estimate of drug-likeness (QED) is 0.711. The molecule has 1 aliphatic heterocycles. The van der Waals surface area contributed by atoms with Crippen molar-refractivity contribution >= 4 is 17.2 Å². The van der Waals surface area contributed by atoms with Crippen molar-refractivity contribution in [2.75, 3.05) is 36.0 Å². The second kappa shape index (κ2) is 7.18. The van der Waals surface area contributed by atoms with Crippen LogP contribution in [-0.2, 0) is 0 Å². The fraction of sp³-hybridized carbons (Fsp3) is 0.476. The summed E-state index contributed by atoms with van der Waals surface area (Å²) in [5.74, 6) is 1.55. The Morgan fingerprint density at radius 3 is 2.56 bits per heavy atom. The highest BCUT2D eigenvalue weighted by molar-refractivity contribution is 5.55. The average molecular weight is 364 g/mol. The van der Waals surface area contributed by atoms with Crippen molar-refractivity contribution in [3.05, 3.63) is 47.5 Å². The molecule has 3 aromatic rings. The van der Waals surface area contributed by atoms with Gasteiger partial charge in [-0.25, -0.2) is 4.98 Å². The third kappa shape index (κ3) is 3.48. The van der Waals surface area contributed by atoms with Crippen molar-refractivity contribution in [1.82, 2.24) is 19.6 Å². The number of aromatic nitrogens is 4. The third-order valence-corrected chi connectivity index (χ3v) is 5.29. The molecule has 6 nitrogen and oxygen atoms in total.